The van der Waals surface area contributed by atoms with Crippen molar-refractivity contribution in [1.29, 1.82) is 0 Å². The molecular weight excluding hydrogens is 614 g/mol. The molecule has 14 heteroatoms. The number of ether oxygens (including phenoxy) is 2. The van der Waals surface area contributed by atoms with E-state index < -0.39 is 46.0 Å². The zero-order valence-corrected chi connectivity index (χ0v) is 26.5. The minimum atomic E-state index is -4.11. The number of carbonyl (C=O) groups excluding carboxylic acids is 1. The Balaban J connectivity index is 1.38. The molecule has 10 nitrogen and oxygen atoms in total. The first-order chi connectivity index (χ1) is 20.9. The Hall–Kier alpha value is -2.91. The number of anilines is 1. The van der Waals surface area contributed by atoms with Gasteiger partial charge in [-0.1, -0.05) is 32.1 Å². The summed E-state index contributed by atoms with van der Waals surface area (Å²) in [5.41, 5.74) is 0.855. The van der Waals surface area contributed by atoms with Crippen LogP contribution in [0.3, 0.4) is 0 Å². The number of aromatic nitrogens is 1. The number of hydrogen-bond donors (Lipinski definition) is 3. The molecule has 0 radical (unpaired) electrons. The first-order valence-corrected chi connectivity index (χ1v) is 17.0. The van der Waals surface area contributed by atoms with Gasteiger partial charge in [0.2, 0.25) is 10.0 Å². The molecule has 5 rings (SSSR count). The lowest BCUT2D eigenvalue weighted by Crippen LogP contribution is -2.51. The maximum atomic E-state index is 14.0. The molecule has 1 aliphatic heterocycles. The van der Waals surface area contributed by atoms with Crippen LogP contribution in [0.4, 0.5) is 18.7 Å². The van der Waals surface area contributed by atoms with Gasteiger partial charge >= 0.3 is 6.09 Å². The number of thiazole rings is 1. The van der Waals surface area contributed by atoms with Gasteiger partial charge in [-0.15, -0.1) is 0 Å². The highest BCUT2D eigenvalue weighted by Gasteiger charge is 2.34. The minimum Gasteiger partial charge on any atom is -0.443 e. The smallest absolute Gasteiger partial charge is 0.407 e. The highest BCUT2D eigenvalue weighted by molar-refractivity contribution is 7.89. The van der Waals surface area contributed by atoms with E-state index in [0.29, 0.717) is 22.9 Å². The fourth-order valence-corrected chi connectivity index (χ4v) is 7.78. The number of rotatable bonds is 13. The third kappa shape index (κ3) is 8.21. The number of aliphatic hydroxyl groups is 1. The van der Waals surface area contributed by atoms with Crippen molar-refractivity contribution < 1.29 is 36.6 Å². The molecule has 1 saturated carbocycles. The number of carbonyl (C=O) groups is 1. The molecule has 3 N–H and O–H groups in total. The van der Waals surface area contributed by atoms with Gasteiger partial charge < -0.3 is 25.2 Å². The van der Waals surface area contributed by atoms with Gasteiger partial charge in [-0.05, 0) is 61.1 Å². The summed E-state index contributed by atoms with van der Waals surface area (Å²) in [5, 5.41) is 18.1. The molecule has 4 atom stereocenters. The van der Waals surface area contributed by atoms with Gasteiger partial charge in [0.1, 0.15) is 17.7 Å². The number of benzene rings is 2. The quantitative estimate of drug-likeness (QED) is 0.246. The van der Waals surface area contributed by atoms with E-state index in [1.54, 1.807) is 12.1 Å². The maximum Gasteiger partial charge on any atom is 0.407 e. The average Bonchev–Trinajstić information content (AvgIpc) is 3.52. The van der Waals surface area contributed by atoms with E-state index in [2.05, 4.69) is 15.6 Å². The second kappa shape index (κ2) is 13.6. The number of aliphatic hydroxyl groups excluding tert-OH is 1. The van der Waals surface area contributed by atoms with Gasteiger partial charge in [-0.2, -0.15) is 4.31 Å². The maximum absolute atomic E-state index is 14.0. The Kier molecular flexibility index (Phi) is 10.0. The number of fused-ring (bicyclic) bond motifs is 1. The summed E-state index contributed by atoms with van der Waals surface area (Å²) in [5.74, 6) is -1.77. The largest absolute Gasteiger partial charge is 0.443 e. The Morgan fingerprint density at radius 3 is 2.52 bits per heavy atom. The molecule has 2 fully saturated rings. The molecule has 44 heavy (non-hydrogen) atoms. The second-order valence-corrected chi connectivity index (χ2v) is 15.0. The van der Waals surface area contributed by atoms with E-state index in [-0.39, 0.29) is 48.4 Å². The molecule has 2 aliphatic rings. The molecule has 240 valence electrons. The van der Waals surface area contributed by atoms with Crippen LogP contribution in [0.15, 0.2) is 41.3 Å². The SMILES string of the molecule is CC(C)CN(C[C@@H](O)[C@H](Cc1cc(F)cc(F)c1)NC(=O)O[C@H]1COC[C@H]1C)S(=O)(=O)c1ccc2nc(NC3CC3)sc2c1. The zero-order chi connectivity index (χ0) is 31.6. The van der Waals surface area contributed by atoms with E-state index in [9.17, 15) is 27.1 Å². The van der Waals surface area contributed by atoms with Gasteiger partial charge in [0.15, 0.2) is 5.13 Å². The van der Waals surface area contributed by atoms with Crippen molar-refractivity contribution in [3.05, 3.63) is 53.6 Å². The third-order valence-corrected chi connectivity index (χ3v) is 10.3. The number of alkyl carbamates (subject to hydrolysis) is 1. The summed E-state index contributed by atoms with van der Waals surface area (Å²) in [4.78, 5) is 17.5. The van der Waals surface area contributed by atoms with Crippen LogP contribution in [0.2, 0.25) is 0 Å². The molecular formula is C30H38F2N4O6S2. The number of nitrogens with one attached hydrogen (secondary N) is 2. The first-order valence-electron chi connectivity index (χ1n) is 14.7. The van der Waals surface area contributed by atoms with Crippen LogP contribution >= 0.6 is 11.3 Å². The lowest BCUT2D eigenvalue weighted by atomic mass is 10.0. The van der Waals surface area contributed by atoms with E-state index >= 15 is 0 Å². The Morgan fingerprint density at radius 1 is 1.16 bits per heavy atom. The molecule has 1 saturated heterocycles. The van der Waals surface area contributed by atoms with Gasteiger partial charge in [0, 0.05) is 31.1 Å². The fraction of sp³-hybridized carbons (Fsp3) is 0.533. The van der Waals surface area contributed by atoms with Crippen LogP contribution in [-0.2, 0) is 25.9 Å². The van der Waals surface area contributed by atoms with Crippen LogP contribution in [-0.4, -0.2) is 79.5 Å². The van der Waals surface area contributed by atoms with Crippen LogP contribution in [0.25, 0.3) is 10.2 Å². The van der Waals surface area contributed by atoms with E-state index in [0.717, 1.165) is 36.2 Å². The van der Waals surface area contributed by atoms with Gasteiger partial charge in [0.05, 0.1) is 40.5 Å². The van der Waals surface area contributed by atoms with Crippen molar-refractivity contribution in [3.8, 4) is 0 Å². The summed E-state index contributed by atoms with van der Waals surface area (Å²) < 4.78 is 68.6. The molecule has 1 amide bonds. The molecule has 0 unspecified atom stereocenters. The molecule has 0 bridgehead atoms. The van der Waals surface area contributed by atoms with Crippen LogP contribution in [0.5, 0.6) is 0 Å². The average molecular weight is 653 g/mol. The van der Waals surface area contributed by atoms with Crippen LogP contribution in [0, 0.1) is 23.5 Å². The van der Waals surface area contributed by atoms with Crippen LogP contribution in [0.1, 0.15) is 39.2 Å². The minimum absolute atomic E-state index is 0.0374. The summed E-state index contributed by atoms with van der Waals surface area (Å²) in [7, 11) is -4.11. The monoisotopic (exact) mass is 652 g/mol. The topological polar surface area (TPSA) is 130 Å². The second-order valence-electron chi connectivity index (χ2n) is 12.0. The highest BCUT2D eigenvalue weighted by Crippen LogP contribution is 2.33. The van der Waals surface area contributed by atoms with Crippen molar-refractivity contribution in [2.75, 3.05) is 31.6 Å². The highest BCUT2D eigenvalue weighted by atomic mass is 32.2. The third-order valence-electron chi connectivity index (χ3n) is 7.56. The van der Waals surface area contributed by atoms with E-state index in [4.69, 9.17) is 9.47 Å². The molecule has 3 aromatic rings. The Bertz CT molecular complexity index is 1560. The standard InChI is InChI=1S/C30H38F2N4O6S2/c1-17(2)13-36(44(39,40)23-6-7-24-28(12-23)43-29(34-24)33-22-4-5-22)14-26(37)25(10-19-8-20(31)11-21(32)9-19)35-30(38)42-27-16-41-15-18(27)3/h6-9,11-12,17-18,22,25-27,37H,4-5,10,13-16H2,1-3H3,(H,33,34)(H,35,38)/t18-,25+,26-,27+/m1/s1. The number of amides is 1. The Morgan fingerprint density at radius 2 is 1.89 bits per heavy atom. The van der Waals surface area contributed by atoms with E-state index in [1.165, 1.54) is 21.7 Å². The van der Waals surface area contributed by atoms with Crippen molar-refractivity contribution >= 4 is 42.8 Å². The Labute approximate surface area is 259 Å². The lowest BCUT2D eigenvalue weighted by molar-refractivity contribution is 0.0575. The number of hydrogen-bond acceptors (Lipinski definition) is 9. The van der Waals surface area contributed by atoms with Crippen molar-refractivity contribution in [1.82, 2.24) is 14.6 Å². The summed E-state index contributed by atoms with van der Waals surface area (Å²) in [6, 6.07) is 6.92. The van der Waals surface area contributed by atoms with Gasteiger partial charge in [-0.25, -0.2) is 27.0 Å². The predicted octanol–water partition coefficient (Wildman–Crippen LogP) is 4.53. The number of sulfonamides is 1. The van der Waals surface area contributed by atoms with E-state index in [1.807, 2.05) is 20.8 Å². The van der Waals surface area contributed by atoms with Gasteiger partial charge in [0.25, 0.3) is 0 Å². The summed E-state index contributed by atoms with van der Waals surface area (Å²) in [6.45, 7) is 5.92. The number of nitrogens with zero attached hydrogens (tertiary/aromatic N) is 2. The van der Waals surface area contributed by atoms with Crippen molar-refractivity contribution in [3.63, 3.8) is 0 Å². The van der Waals surface area contributed by atoms with Gasteiger partial charge in [-0.3, -0.25) is 0 Å². The normalized spacial score (nSPS) is 20.3. The summed E-state index contributed by atoms with van der Waals surface area (Å²) >= 11 is 1.38. The molecule has 2 heterocycles. The molecule has 1 aromatic heterocycles. The predicted molar refractivity (Wildman–Crippen MR) is 163 cm³/mol. The first kappa shape index (κ1) is 32.5. The molecule has 2 aromatic carbocycles. The van der Waals surface area contributed by atoms with Crippen molar-refractivity contribution in [2.24, 2.45) is 11.8 Å². The van der Waals surface area contributed by atoms with Crippen LogP contribution < -0.4 is 10.6 Å². The summed E-state index contributed by atoms with van der Waals surface area (Å²) in [6.07, 6.45) is -0.825. The fourth-order valence-electron chi connectivity index (χ4n) is 5.07. The molecule has 0 spiro atoms. The van der Waals surface area contributed by atoms with Crippen molar-refractivity contribution in [2.45, 2.75) is 69.2 Å². The molecule has 1 aliphatic carbocycles. The lowest BCUT2D eigenvalue weighted by Gasteiger charge is -2.31. The zero-order valence-electron chi connectivity index (χ0n) is 24.8. The number of halogens is 2.